The average Bonchev–Trinajstić information content (AvgIpc) is 3.00. The van der Waals surface area contributed by atoms with Crippen molar-refractivity contribution in [2.75, 3.05) is 0 Å². The van der Waals surface area contributed by atoms with Crippen molar-refractivity contribution in [2.45, 2.75) is 45.7 Å². The highest BCUT2D eigenvalue weighted by Crippen LogP contribution is 2.46. The van der Waals surface area contributed by atoms with Crippen molar-refractivity contribution < 1.29 is 0 Å². The van der Waals surface area contributed by atoms with Gasteiger partial charge in [0, 0.05) is 0 Å². The van der Waals surface area contributed by atoms with Gasteiger partial charge in [-0.2, -0.15) is 0 Å². The summed E-state index contributed by atoms with van der Waals surface area (Å²) in [6, 6.07) is 0. The lowest BCUT2D eigenvalue weighted by atomic mass is 10.1. The monoisotopic (exact) mass is 310 g/mol. The second-order valence-electron chi connectivity index (χ2n) is 8.37. The first-order valence-corrected chi connectivity index (χ1v) is 14.9. The van der Waals surface area contributed by atoms with Crippen LogP contribution in [0.5, 0.6) is 0 Å². The van der Waals surface area contributed by atoms with E-state index >= 15 is 0 Å². The first kappa shape index (κ1) is 14.8. The Kier molecular flexibility index (Phi) is 3.30. The van der Waals surface area contributed by atoms with Crippen LogP contribution in [0.15, 0.2) is 69.1 Å². The Hall–Kier alpha value is -1.13. The van der Waals surface area contributed by atoms with Crippen LogP contribution in [-0.2, 0) is 0 Å². The van der Waals surface area contributed by atoms with Crippen LogP contribution in [-0.4, -0.2) is 16.1 Å². The maximum Gasteiger partial charge on any atom is 0.0792 e. The van der Waals surface area contributed by atoms with Crippen molar-refractivity contribution in [1.29, 1.82) is 0 Å². The molecule has 0 N–H and O–H groups in total. The summed E-state index contributed by atoms with van der Waals surface area (Å²) >= 11 is 0. The van der Waals surface area contributed by atoms with Gasteiger partial charge in [-0.1, -0.05) is 74.9 Å². The predicted octanol–water partition coefficient (Wildman–Crippen LogP) is 5.73. The predicted molar refractivity (Wildman–Crippen MR) is 99.8 cm³/mol. The lowest BCUT2D eigenvalue weighted by Crippen LogP contribution is -2.26. The van der Waals surface area contributed by atoms with Crippen LogP contribution in [0.2, 0.25) is 39.3 Å². The van der Waals surface area contributed by atoms with E-state index in [9.17, 15) is 0 Å². The normalized spacial score (nSPS) is 21.4. The van der Waals surface area contributed by atoms with Crippen molar-refractivity contribution in [3.8, 4) is 0 Å². The van der Waals surface area contributed by atoms with Gasteiger partial charge in [-0.3, -0.25) is 0 Å². The summed E-state index contributed by atoms with van der Waals surface area (Å²) < 4.78 is 0. The van der Waals surface area contributed by atoms with Crippen LogP contribution < -0.4 is 0 Å². The Morgan fingerprint density at radius 3 is 2.10 bits per heavy atom. The summed E-state index contributed by atoms with van der Waals surface area (Å²) in [7, 11) is -2.58. The Morgan fingerprint density at radius 2 is 1.57 bits per heavy atom. The molecule has 21 heavy (non-hydrogen) atoms. The van der Waals surface area contributed by atoms with E-state index in [-0.39, 0.29) is 0 Å². The van der Waals surface area contributed by atoms with Gasteiger partial charge >= 0.3 is 0 Å². The number of rotatable bonds is 3. The molecule has 0 aromatic heterocycles. The summed E-state index contributed by atoms with van der Waals surface area (Å²) in [5, 5.41) is 3.29. The fourth-order valence-corrected chi connectivity index (χ4v) is 6.61. The summed E-state index contributed by atoms with van der Waals surface area (Å²) in [4.78, 5) is 0. The Morgan fingerprint density at radius 1 is 0.857 bits per heavy atom. The minimum absolute atomic E-state index is 1.10. The van der Waals surface area contributed by atoms with E-state index < -0.39 is 16.1 Å². The van der Waals surface area contributed by atoms with E-state index in [1.165, 1.54) is 16.7 Å². The summed E-state index contributed by atoms with van der Waals surface area (Å²) in [5.41, 5.74) is 6.08. The molecule has 0 aromatic carbocycles. The van der Waals surface area contributed by atoms with Crippen molar-refractivity contribution in [2.24, 2.45) is 0 Å². The molecule has 0 radical (unpaired) electrons. The van der Waals surface area contributed by atoms with Gasteiger partial charge in [-0.05, 0) is 40.0 Å². The Balaban J connectivity index is 2.09. The number of fused-ring (bicyclic) bond motifs is 1. The molecule has 0 amide bonds. The van der Waals surface area contributed by atoms with Gasteiger partial charge in [0.15, 0.2) is 0 Å². The van der Waals surface area contributed by atoms with Gasteiger partial charge < -0.3 is 0 Å². The summed E-state index contributed by atoms with van der Waals surface area (Å²) in [5.74, 6) is 0. The third-order valence-corrected chi connectivity index (χ3v) is 8.55. The molecule has 0 unspecified atom stereocenters. The zero-order valence-corrected chi connectivity index (χ0v) is 16.2. The summed E-state index contributed by atoms with van der Waals surface area (Å²) in [6.45, 7) is 14.8. The molecule has 0 nitrogen and oxygen atoms in total. The fraction of sp³-hybridized carbons (Fsp3) is 0.368. The zero-order valence-electron chi connectivity index (χ0n) is 14.2. The quantitative estimate of drug-likeness (QED) is 0.584. The molecular formula is C19H26Si2. The standard InChI is InChI=1S/C19H26Si2/c1-20(2,3)16-11-15-12-17(14-9-7-8-10-14)19(18(15)13-16)21(4,5)6/h7-9,11-13H,10H2,1-6H3. The zero-order chi connectivity index (χ0) is 15.4. The highest BCUT2D eigenvalue weighted by molar-refractivity contribution is 6.85. The van der Waals surface area contributed by atoms with Gasteiger partial charge in [-0.25, -0.2) is 0 Å². The third-order valence-electron chi connectivity index (χ3n) is 4.49. The van der Waals surface area contributed by atoms with E-state index in [4.69, 9.17) is 0 Å². The Bertz CT molecular complexity index is 678. The van der Waals surface area contributed by atoms with Gasteiger partial charge in [0.05, 0.1) is 16.1 Å². The topological polar surface area (TPSA) is 0 Å². The van der Waals surface area contributed by atoms with Crippen molar-refractivity contribution in [3.05, 3.63) is 69.1 Å². The highest BCUT2D eigenvalue weighted by atomic mass is 28.3. The van der Waals surface area contributed by atoms with E-state index in [1.807, 2.05) is 0 Å². The van der Waals surface area contributed by atoms with Crippen LogP contribution in [0.4, 0.5) is 0 Å². The molecule has 2 heteroatoms. The van der Waals surface area contributed by atoms with Gasteiger partial charge in [0.1, 0.15) is 0 Å². The lowest BCUT2D eigenvalue weighted by molar-refractivity contribution is 1.28. The molecular weight excluding hydrogens is 284 g/mol. The molecule has 3 aliphatic carbocycles. The molecule has 0 aliphatic heterocycles. The van der Waals surface area contributed by atoms with Crippen LogP contribution >= 0.6 is 0 Å². The smallest absolute Gasteiger partial charge is 0.0792 e. The molecule has 0 saturated heterocycles. The molecule has 0 atom stereocenters. The Labute approximate surface area is 131 Å². The second-order valence-corrected chi connectivity index (χ2v) is 18.4. The van der Waals surface area contributed by atoms with Crippen molar-refractivity contribution >= 4 is 16.1 Å². The highest BCUT2D eigenvalue weighted by Gasteiger charge is 2.35. The molecule has 0 bridgehead atoms. The van der Waals surface area contributed by atoms with Gasteiger partial charge in [-0.15, -0.1) is 0 Å². The molecule has 110 valence electrons. The number of allylic oxidation sites excluding steroid dienone is 12. The third kappa shape index (κ3) is 2.55. The largest absolute Gasteiger partial charge is 0.0801 e. The SMILES string of the molecule is C[Si](C)(C)C1=CC2=CC(C3=CC=CC3)=C([Si](C)(C)C)C2=C1. The van der Waals surface area contributed by atoms with Gasteiger partial charge in [0.2, 0.25) is 0 Å². The first-order valence-electron chi connectivity index (χ1n) is 7.95. The first-order chi connectivity index (χ1) is 9.68. The van der Waals surface area contributed by atoms with Crippen LogP contribution in [0.3, 0.4) is 0 Å². The number of hydrogen-bond donors (Lipinski definition) is 0. The van der Waals surface area contributed by atoms with Crippen molar-refractivity contribution in [1.82, 2.24) is 0 Å². The second kappa shape index (κ2) is 4.69. The number of hydrogen-bond acceptors (Lipinski definition) is 0. The molecule has 0 fully saturated rings. The fourth-order valence-electron chi connectivity index (χ4n) is 3.38. The maximum atomic E-state index is 2.52. The molecule has 3 aliphatic rings. The molecule has 0 spiro atoms. The van der Waals surface area contributed by atoms with E-state index in [0.717, 1.165) is 6.42 Å². The van der Waals surface area contributed by atoms with Crippen molar-refractivity contribution in [3.63, 3.8) is 0 Å². The van der Waals surface area contributed by atoms with Crippen LogP contribution in [0.25, 0.3) is 0 Å². The van der Waals surface area contributed by atoms with E-state index in [2.05, 4.69) is 75.7 Å². The van der Waals surface area contributed by atoms with E-state index in [0.29, 0.717) is 0 Å². The van der Waals surface area contributed by atoms with Crippen LogP contribution in [0.1, 0.15) is 6.42 Å². The molecule has 0 heterocycles. The molecule has 0 aromatic rings. The molecule has 3 rings (SSSR count). The lowest BCUT2D eigenvalue weighted by Gasteiger charge is -2.23. The van der Waals surface area contributed by atoms with Crippen LogP contribution in [0, 0.1) is 0 Å². The molecule has 0 saturated carbocycles. The maximum absolute atomic E-state index is 2.52. The van der Waals surface area contributed by atoms with E-state index in [1.54, 1.807) is 16.0 Å². The minimum atomic E-state index is -1.36. The average molecular weight is 311 g/mol. The minimum Gasteiger partial charge on any atom is -0.0801 e. The van der Waals surface area contributed by atoms with Gasteiger partial charge in [0.25, 0.3) is 0 Å². The summed E-state index contributed by atoms with van der Waals surface area (Å²) in [6.07, 6.45) is 15.3.